The maximum atomic E-state index is 13.2. The van der Waals surface area contributed by atoms with Gasteiger partial charge in [-0.3, -0.25) is 4.79 Å². The van der Waals surface area contributed by atoms with E-state index in [1.165, 1.54) is 48.5 Å². The van der Waals surface area contributed by atoms with E-state index in [1.54, 1.807) is 18.2 Å². The van der Waals surface area contributed by atoms with Gasteiger partial charge in [-0.15, -0.1) is 0 Å². The van der Waals surface area contributed by atoms with Crippen LogP contribution in [0.3, 0.4) is 0 Å². The number of amides is 1. The van der Waals surface area contributed by atoms with Crippen LogP contribution in [-0.4, -0.2) is 41.1 Å². The van der Waals surface area contributed by atoms with Gasteiger partial charge in [0.15, 0.2) is 0 Å². The molecule has 0 aliphatic heterocycles. The number of benzene rings is 3. The van der Waals surface area contributed by atoms with E-state index in [2.05, 4.69) is 21.2 Å². The average molecular weight is 616 g/mol. The van der Waals surface area contributed by atoms with Crippen molar-refractivity contribution in [1.29, 1.82) is 0 Å². The summed E-state index contributed by atoms with van der Waals surface area (Å²) in [5, 5.41) is 12.3. The minimum Gasteiger partial charge on any atom is -0.478 e. The Morgan fingerprint density at radius 1 is 0.750 bits per heavy atom. The van der Waals surface area contributed by atoms with Gasteiger partial charge in [0.05, 0.1) is 31.9 Å². The van der Waals surface area contributed by atoms with Crippen LogP contribution in [0.25, 0.3) is 0 Å². The van der Waals surface area contributed by atoms with E-state index in [9.17, 15) is 24.3 Å². The van der Waals surface area contributed by atoms with Crippen molar-refractivity contribution in [2.24, 2.45) is 0 Å². The highest BCUT2D eigenvalue weighted by Gasteiger charge is 2.41. The van der Waals surface area contributed by atoms with Crippen LogP contribution in [0.15, 0.2) is 71.2 Å². The van der Waals surface area contributed by atoms with Crippen molar-refractivity contribution in [3.8, 4) is 0 Å². The summed E-state index contributed by atoms with van der Waals surface area (Å²) in [6.07, 6.45) is -4.40. The highest BCUT2D eigenvalue weighted by Crippen LogP contribution is 2.27. The van der Waals surface area contributed by atoms with Crippen molar-refractivity contribution in [1.82, 2.24) is 0 Å². The molecule has 0 heterocycles. The van der Waals surface area contributed by atoms with Crippen LogP contribution in [0.5, 0.6) is 0 Å². The van der Waals surface area contributed by atoms with E-state index in [-0.39, 0.29) is 31.9 Å². The Balaban J connectivity index is 1.96. The number of carbonyl (C=O) groups excluding carboxylic acids is 3. The quantitative estimate of drug-likeness (QED) is 0.304. The molecular weight excluding hydrogens is 601 g/mol. The Labute approximate surface area is 228 Å². The van der Waals surface area contributed by atoms with Crippen LogP contribution in [0.4, 0.5) is 5.69 Å². The van der Waals surface area contributed by atoms with Crippen LogP contribution < -0.4 is 5.32 Å². The largest absolute Gasteiger partial charge is 0.478 e. The molecule has 2 N–H and O–H groups in total. The molecule has 0 fully saturated rings. The molecule has 2 atom stereocenters. The van der Waals surface area contributed by atoms with Crippen LogP contribution in [0.2, 0.25) is 15.1 Å². The van der Waals surface area contributed by atoms with Crippen LogP contribution in [0, 0.1) is 0 Å². The van der Waals surface area contributed by atoms with E-state index in [1.807, 2.05) is 0 Å². The van der Waals surface area contributed by atoms with Gasteiger partial charge in [0, 0.05) is 4.47 Å². The van der Waals surface area contributed by atoms with Gasteiger partial charge in [0.25, 0.3) is 5.91 Å². The zero-order valence-corrected chi connectivity index (χ0v) is 21.8. The molecule has 0 aliphatic rings. The fourth-order valence-corrected chi connectivity index (χ4v) is 4.05. The highest BCUT2D eigenvalue weighted by atomic mass is 79.9. The molecule has 3 aromatic rings. The predicted octanol–water partition coefficient (Wildman–Crippen LogP) is 5.88. The summed E-state index contributed by atoms with van der Waals surface area (Å²) in [6.45, 7) is 0. The molecule has 0 saturated heterocycles. The maximum absolute atomic E-state index is 13.2. The predicted molar refractivity (Wildman–Crippen MR) is 137 cm³/mol. The minimum atomic E-state index is -2.26. The summed E-state index contributed by atoms with van der Waals surface area (Å²) in [5.74, 6) is -5.16. The number of anilines is 1. The topological polar surface area (TPSA) is 119 Å². The monoisotopic (exact) mass is 613 g/mol. The minimum absolute atomic E-state index is 0.00227. The lowest BCUT2D eigenvalue weighted by Crippen LogP contribution is -2.48. The van der Waals surface area contributed by atoms with Gasteiger partial charge in [-0.1, -0.05) is 75.0 Å². The number of nitrogens with one attached hydrogen (secondary N) is 1. The van der Waals surface area contributed by atoms with Crippen molar-refractivity contribution in [2.75, 3.05) is 5.32 Å². The number of aliphatic carboxylic acids is 1. The molecule has 36 heavy (non-hydrogen) atoms. The van der Waals surface area contributed by atoms with E-state index in [4.69, 9.17) is 44.3 Å². The Bertz CT molecular complexity index is 1330. The maximum Gasteiger partial charge on any atom is 0.349 e. The second-order valence-corrected chi connectivity index (χ2v) is 9.20. The molecule has 0 aliphatic carbocycles. The Hall–Kier alpha value is -3.11. The summed E-state index contributed by atoms with van der Waals surface area (Å²) >= 11 is 21.4. The highest BCUT2D eigenvalue weighted by molar-refractivity contribution is 9.10. The standard InChI is InChI=1S/C24H15BrCl3NO7/c25-12-9-10-18(17(28)11-12)29-21(30)19(35-23(33)13-5-1-3-7-15(13)26)20(22(31)32)36-24(34)14-6-2-4-8-16(14)27/h1-11,19-20H,(H,29,30)(H,31,32)/t19-,20+/m0/s1. The normalized spacial score (nSPS) is 12.2. The van der Waals surface area contributed by atoms with Crippen LogP contribution in [-0.2, 0) is 19.1 Å². The molecule has 0 spiro atoms. The first-order valence-corrected chi connectivity index (χ1v) is 11.9. The lowest BCUT2D eigenvalue weighted by atomic mass is 10.1. The van der Waals surface area contributed by atoms with Gasteiger partial charge in [0.1, 0.15) is 0 Å². The Morgan fingerprint density at radius 2 is 1.25 bits per heavy atom. The third-order valence-electron chi connectivity index (χ3n) is 4.62. The van der Waals surface area contributed by atoms with Crippen LogP contribution >= 0.6 is 50.7 Å². The average Bonchev–Trinajstić information content (AvgIpc) is 2.83. The van der Waals surface area contributed by atoms with Gasteiger partial charge in [-0.05, 0) is 42.5 Å². The third kappa shape index (κ3) is 6.76. The smallest absolute Gasteiger partial charge is 0.349 e. The number of hydrogen-bond acceptors (Lipinski definition) is 6. The zero-order valence-electron chi connectivity index (χ0n) is 17.9. The van der Waals surface area contributed by atoms with Crippen molar-refractivity contribution in [2.45, 2.75) is 12.2 Å². The summed E-state index contributed by atoms with van der Waals surface area (Å²) < 4.78 is 10.9. The van der Waals surface area contributed by atoms with Gasteiger partial charge >= 0.3 is 17.9 Å². The van der Waals surface area contributed by atoms with Gasteiger partial charge in [-0.25, -0.2) is 14.4 Å². The lowest BCUT2D eigenvalue weighted by molar-refractivity contribution is -0.157. The molecule has 12 heteroatoms. The molecule has 0 aromatic heterocycles. The van der Waals surface area contributed by atoms with E-state index >= 15 is 0 Å². The van der Waals surface area contributed by atoms with Gasteiger partial charge < -0.3 is 19.9 Å². The summed E-state index contributed by atoms with van der Waals surface area (Å²) in [7, 11) is 0. The van der Waals surface area contributed by atoms with Gasteiger partial charge in [0.2, 0.25) is 12.2 Å². The number of esters is 2. The number of rotatable bonds is 8. The summed E-state index contributed by atoms with van der Waals surface area (Å²) in [6, 6.07) is 16.0. The molecule has 0 saturated carbocycles. The molecule has 8 nitrogen and oxygen atoms in total. The molecule has 0 bridgehead atoms. The summed E-state index contributed by atoms with van der Waals surface area (Å²) in [5.41, 5.74) is -0.205. The molecule has 1 amide bonds. The zero-order chi connectivity index (χ0) is 26.4. The fraction of sp³-hybridized carbons (Fsp3) is 0.0833. The third-order valence-corrected chi connectivity index (χ3v) is 6.09. The number of hydrogen-bond donors (Lipinski definition) is 2. The fourth-order valence-electron chi connectivity index (χ4n) is 2.90. The van der Waals surface area contributed by atoms with E-state index in [0.717, 1.165) is 0 Å². The number of ether oxygens (including phenoxy) is 2. The molecule has 186 valence electrons. The lowest BCUT2D eigenvalue weighted by Gasteiger charge is -2.24. The molecule has 0 unspecified atom stereocenters. The number of carboxylic acid groups (broad SMARTS) is 1. The van der Waals surface area contributed by atoms with Crippen LogP contribution in [0.1, 0.15) is 20.7 Å². The first-order chi connectivity index (χ1) is 17.1. The Kier molecular flexibility index (Phi) is 9.33. The number of carbonyl (C=O) groups is 4. The SMILES string of the molecule is O=C(O[C@H](C(=O)Nc1ccc(Br)cc1Cl)[C@@H](OC(=O)c1ccccc1Cl)C(=O)O)c1ccccc1Cl. The molecule has 3 aromatic carbocycles. The first-order valence-electron chi connectivity index (χ1n) is 9.98. The second kappa shape index (κ2) is 12.2. The molecular formula is C24H15BrCl3NO7. The van der Waals surface area contributed by atoms with Crippen molar-refractivity contribution in [3.63, 3.8) is 0 Å². The number of halogens is 4. The van der Waals surface area contributed by atoms with Crippen molar-refractivity contribution >= 4 is 80.2 Å². The van der Waals surface area contributed by atoms with Gasteiger partial charge in [-0.2, -0.15) is 0 Å². The molecule has 0 radical (unpaired) electrons. The molecule has 3 rings (SSSR count). The second-order valence-electron chi connectivity index (χ2n) is 7.06. The Morgan fingerprint density at radius 3 is 1.72 bits per heavy atom. The summed E-state index contributed by atoms with van der Waals surface area (Å²) in [4.78, 5) is 50.8. The van der Waals surface area contributed by atoms with Crippen molar-refractivity contribution < 1.29 is 33.8 Å². The van der Waals surface area contributed by atoms with E-state index < -0.39 is 36.0 Å². The number of carboxylic acids is 1. The van der Waals surface area contributed by atoms with Crippen molar-refractivity contribution in [3.05, 3.63) is 97.4 Å². The first kappa shape index (κ1) is 27.5. The van der Waals surface area contributed by atoms with E-state index in [0.29, 0.717) is 4.47 Å².